The molecule has 3 aliphatic rings. The Morgan fingerprint density at radius 1 is 1.28 bits per heavy atom. The normalized spacial score (nSPS) is 22.2. The number of likely N-dealkylation sites (tertiary alicyclic amines) is 1. The second-order valence-electron chi connectivity index (χ2n) is 8.36. The molecule has 4 rings (SSSR count). The van der Waals surface area contributed by atoms with Gasteiger partial charge in [0.1, 0.15) is 5.60 Å². The maximum absolute atomic E-state index is 12.5. The number of carboxylic acid groups (broad SMARTS) is 1. The summed E-state index contributed by atoms with van der Waals surface area (Å²) in [5.41, 5.74) is 1.80. The van der Waals surface area contributed by atoms with Crippen LogP contribution in [-0.2, 0) is 25.7 Å². The van der Waals surface area contributed by atoms with Crippen LogP contribution in [0.15, 0.2) is 30.4 Å². The average molecular weight is 456 g/mol. The topological polar surface area (TPSA) is 89.0 Å². The van der Waals surface area contributed by atoms with E-state index in [0.717, 1.165) is 37.1 Å². The summed E-state index contributed by atoms with van der Waals surface area (Å²) in [4.78, 5) is 27.8. The standard InChI is InChI=1S/C20H26N2O3.C2HF3O2/c1-15-5-4-8-17(21-15)12-24-18-9-10-25-20(11-18)13-22(14-20)19(23)16-6-2-3-7-16;3-2(4,5)1(6)7/h2-5,8,16,18H,6-7,9-14H2,1H3;(H,6,7). The minimum Gasteiger partial charge on any atom is -0.475 e. The molecule has 1 aromatic heterocycles. The fraction of sp³-hybridized carbons (Fsp3) is 0.591. The predicted octanol–water partition coefficient (Wildman–Crippen LogP) is 3.27. The van der Waals surface area contributed by atoms with Crippen molar-refractivity contribution in [2.45, 2.75) is 57.1 Å². The van der Waals surface area contributed by atoms with Gasteiger partial charge in [0.15, 0.2) is 0 Å². The van der Waals surface area contributed by atoms with Crippen LogP contribution < -0.4 is 0 Å². The van der Waals surface area contributed by atoms with E-state index in [-0.39, 0.29) is 23.5 Å². The lowest BCUT2D eigenvalue weighted by Crippen LogP contribution is -2.68. The van der Waals surface area contributed by atoms with Gasteiger partial charge in [-0.15, -0.1) is 0 Å². The van der Waals surface area contributed by atoms with E-state index in [4.69, 9.17) is 19.4 Å². The summed E-state index contributed by atoms with van der Waals surface area (Å²) in [6, 6.07) is 6.01. The van der Waals surface area contributed by atoms with Crippen molar-refractivity contribution in [2.24, 2.45) is 5.92 Å². The summed E-state index contributed by atoms with van der Waals surface area (Å²) >= 11 is 0. The molecule has 176 valence electrons. The molecule has 0 bridgehead atoms. The van der Waals surface area contributed by atoms with Crippen molar-refractivity contribution in [3.63, 3.8) is 0 Å². The van der Waals surface area contributed by atoms with Gasteiger partial charge in [-0.3, -0.25) is 9.78 Å². The number of carbonyl (C=O) groups excluding carboxylic acids is 1. The summed E-state index contributed by atoms with van der Waals surface area (Å²) < 4.78 is 43.9. The first-order chi connectivity index (χ1) is 15.1. The van der Waals surface area contributed by atoms with E-state index in [9.17, 15) is 18.0 Å². The van der Waals surface area contributed by atoms with Gasteiger partial charge in [0.2, 0.25) is 5.91 Å². The van der Waals surface area contributed by atoms with Crippen LogP contribution in [-0.4, -0.2) is 64.4 Å². The molecular weight excluding hydrogens is 429 g/mol. The van der Waals surface area contributed by atoms with Gasteiger partial charge in [0.05, 0.1) is 31.5 Å². The SMILES string of the molecule is Cc1cccc(COC2CCOC3(C2)CN(C(=O)C2CC=CC2)C3)n1.O=C(O)C(F)(F)F. The Morgan fingerprint density at radius 2 is 1.94 bits per heavy atom. The molecule has 32 heavy (non-hydrogen) atoms. The summed E-state index contributed by atoms with van der Waals surface area (Å²) in [5.74, 6) is -2.32. The number of carbonyl (C=O) groups is 2. The number of hydrogen-bond donors (Lipinski definition) is 1. The molecule has 7 nitrogen and oxygen atoms in total. The lowest BCUT2D eigenvalue weighted by atomic mass is 9.83. The van der Waals surface area contributed by atoms with Crippen LogP contribution in [0.4, 0.5) is 13.2 Å². The van der Waals surface area contributed by atoms with Crippen molar-refractivity contribution in [3.8, 4) is 0 Å². The Labute approximate surface area is 184 Å². The van der Waals surface area contributed by atoms with Crippen LogP contribution in [0.3, 0.4) is 0 Å². The largest absolute Gasteiger partial charge is 0.490 e. The fourth-order valence-electron chi connectivity index (χ4n) is 4.11. The zero-order valence-electron chi connectivity index (χ0n) is 17.8. The number of pyridine rings is 1. The average Bonchev–Trinajstić information content (AvgIpc) is 3.25. The molecule has 1 N–H and O–H groups in total. The first-order valence-electron chi connectivity index (χ1n) is 10.5. The number of rotatable bonds is 4. The van der Waals surface area contributed by atoms with E-state index >= 15 is 0 Å². The number of halogens is 3. The van der Waals surface area contributed by atoms with Gasteiger partial charge in [0.25, 0.3) is 0 Å². The molecule has 1 spiro atoms. The summed E-state index contributed by atoms with van der Waals surface area (Å²) in [7, 11) is 0. The highest BCUT2D eigenvalue weighted by molar-refractivity contribution is 5.80. The minimum absolute atomic E-state index is 0.153. The first kappa shape index (κ1) is 24.2. The maximum atomic E-state index is 12.5. The second kappa shape index (κ2) is 9.99. The highest BCUT2D eigenvalue weighted by atomic mass is 19.4. The Balaban J connectivity index is 0.000000360. The molecule has 1 aromatic rings. The van der Waals surface area contributed by atoms with Gasteiger partial charge in [-0.25, -0.2) is 4.79 Å². The number of carboxylic acids is 1. The highest BCUT2D eigenvalue weighted by Gasteiger charge is 2.50. The number of aryl methyl sites for hydroxylation is 1. The second-order valence-corrected chi connectivity index (χ2v) is 8.36. The molecule has 3 heterocycles. The number of aromatic nitrogens is 1. The van der Waals surface area contributed by atoms with E-state index in [1.54, 1.807) is 0 Å². The third-order valence-corrected chi connectivity index (χ3v) is 5.73. The quantitative estimate of drug-likeness (QED) is 0.700. The van der Waals surface area contributed by atoms with E-state index in [0.29, 0.717) is 26.3 Å². The third-order valence-electron chi connectivity index (χ3n) is 5.73. The van der Waals surface area contributed by atoms with Gasteiger partial charge in [-0.1, -0.05) is 18.2 Å². The molecule has 0 aromatic carbocycles. The van der Waals surface area contributed by atoms with Crippen LogP contribution in [0.1, 0.15) is 37.1 Å². The lowest BCUT2D eigenvalue weighted by molar-refractivity contribution is -0.204. The molecule has 1 unspecified atom stereocenters. The number of alkyl halides is 3. The molecule has 1 aliphatic carbocycles. The molecule has 0 saturated carbocycles. The zero-order valence-corrected chi connectivity index (χ0v) is 17.8. The van der Waals surface area contributed by atoms with Crippen LogP contribution in [0.5, 0.6) is 0 Å². The van der Waals surface area contributed by atoms with Crippen LogP contribution in [0.25, 0.3) is 0 Å². The Hall–Kier alpha value is -2.46. The first-order valence-corrected chi connectivity index (χ1v) is 10.5. The van der Waals surface area contributed by atoms with Gasteiger partial charge in [-0.05, 0) is 38.3 Å². The molecule has 2 fully saturated rings. The van der Waals surface area contributed by atoms with Crippen molar-refractivity contribution in [1.82, 2.24) is 9.88 Å². The molecule has 1 amide bonds. The van der Waals surface area contributed by atoms with Crippen molar-refractivity contribution < 1.29 is 37.3 Å². The molecule has 10 heteroatoms. The fourth-order valence-corrected chi connectivity index (χ4v) is 4.11. The minimum atomic E-state index is -5.08. The summed E-state index contributed by atoms with van der Waals surface area (Å²) in [5, 5.41) is 7.12. The van der Waals surface area contributed by atoms with Crippen LogP contribution in [0, 0.1) is 12.8 Å². The monoisotopic (exact) mass is 456 g/mol. The smallest absolute Gasteiger partial charge is 0.475 e. The Bertz CT molecular complexity index is 844. The number of nitrogens with zero attached hydrogens (tertiary/aromatic N) is 2. The Morgan fingerprint density at radius 3 is 2.53 bits per heavy atom. The van der Waals surface area contributed by atoms with Crippen LogP contribution in [0.2, 0.25) is 0 Å². The number of amides is 1. The van der Waals surface area contributed by atoms with Gasteiger partial charge in [0, 0.05) is 24.6 Å². The van der Waals surface area contributed by atoms with Crippen molar-refractivity contribution in [2.75, 3.05) is 19.7 Å². The predicted molar refractivity (Wildman–Crippen MR) is 108 cm³/mol. The molecule has 2 saturated heterocycles. The van der Waals surface area contributed by atoms with Gasteiger partial charge in [-0.2, -0.15) is 13.2 Å². The number of ether oxygens (including phenoxy) is 2. The zero-order chi connectivity index (χ0) is 23.4. The van der Waals surface area contributed by atoms with E-state index in [1.165, 1.54) is 0 Å². The van der Waals surface area contributed by atoms with E-state index in [1.807, 2.05) is 30.0 Å². The van der Waals surface area contributed by atoms with Crippen molar-refractivity contribution in [1.29, 1.82) is 0 Å². The number of aliphatic carboxylic acids is 1. The number of allylic oxidation sites excluding steroid dienone is 2. The molecular formula is C22H27F3N2O5. The summed E-state index contributed by atoms with van der Waals surface area (Å²) in [6.45, 7) is 4.67. The lowest BCUT2D eigenvalue weighted by Gasteiger charge is -2.53. The Kier molecular flexibility index (Phi) is 7.55. The van der Waals surface area contributed by atoms with E-state index < -0.39 is 12.1 Å². The summed E-state index contributed by atoms with van der Waals surface area (Å²) in [6.07, 6.45) is 2.87. The molecule has 2 aliphatic heterocycles. The number of hydrogen-bond acceptors (Lipinski definition) is 5. The van der Waals surface area contributed by atoms with Gasteiger partial charge < -0.3 is 19.5 Å². The van der Waals surface area contributed by atoms with Crippen molar-refractivity contribution in [3.05, 3.63) is 41.7 Å². The van der Waals surface area contributed by atoms with Crippen LogP contribution >= 0.6 is 0 Å². The third kappa shape index (κ3) is 6.29. The van der Waals surface area contributed by atoms with Crippen molar-refractivity contribution >= 4 is 11.9 Å². The highest BCUT2D eigenvalue weighted by Crippen LogP contribution is 2.37. The maximum Gasteiger partial charge on any atom is 0.490 e. The molecule has 1 atom stereocenters. The molecule has 0 radical (unpaired) electrons. The van der Waals surface area contributed by atoms with Gasteiger partial charge >= 0.3 is 12.1 Å². The van der Waals surface area contributed by atoms with E-state index in [2.05, 4.69) is 17.1 Å².